The standard InChI is InChI=1S/C14H12O4/c1-17-13-6-3-9(7-14(13)18-2)11-8-10(15)4-5-12(11)16/h3-8H,1-2H3. The van der Waals surface area contributed by atoms with Gasteiger partial charge in [-0.15, -0.1) is 0 Å². The second-order valence-electron chi connectivity index (χ2n) is 3.73. The highest BCUT2D eigenvalue weighted by molar-refractivity contribution is 6.33. The summed E-state index contributed by atoms with van der Waals surface area (Å²) in [7, 11) is 3.05. The van der Waals surface area contributed by atoms with Crippen molar-refractivity contribution in [2.24, 2.45) is 0 Å². The molecule has 18 heavy (non-hydrogen) atoms. The van der Waals surface area contributed by atoms with Crippen LogP contribution in [0.2, 0.25) is 0 Å². The Balaban J connectivity index is 2.46. The van der Waals surface area contributed by atoms with Crippen LogP contribution in [-0.4, -0.2) is 25.8 Å². The maximum atomic E-state index is 11.7. The molecule has 0 radical (unpaired) electrons. The van der Waals surface area contributed by atoms with E-state index in [2.05, 4.69) is 0 Å². The van der Waals surface area contributed by atoms with Gasteiger partial charge in [-0.2, -0.15) is 0 Å². The summed E-state index contributed by atoms with van der Waals surface area (Å²) in [5.74, 6) is 0.707. The largest absolute Gasteiger partial charge is 0.493 e. The Bertz CT molecular complexity index is 567. The zero-order valence-corrected chi connectivity index (χ0v) is 10.1. The van der Waals surface area contributed by atoms with Gasteiger partial charge in [0.25, 0.3) is 0 Å². The fraction of sp³-hybridized carbons (Fsp3) is 0.143. The van der Waals surface area contributed by atoms with Crippen LogP contribution in [0.3, 0.4) is 0 Å². The minimum atomic E-state index is -0.195. The molecule has 0 fully saturated rings. The van der Waals surface area contributed by atoms with Gasteiger partial charge in [-0.05, 0) is 35.9 Å². The molecule has 0 bridgehead atoms. The van der Waals surface area contributed by atoms with Gasteiger partial charge in [0.05, 0.1) is 14.2 Å². The summed E-state index contributed by atoms with van der Waals surface area (Å²) in [6.45, 7) is 0. The van der Waals surface area contributed by atoms with Crippen LogP contribution in [0.25, 0.3) is 5.57 Å². The van der Waals surface area contributed by atoms with Crippen molar-refractivity contribution in [3.63, 3.8) is 0 Å². The van der Waals surface area contributed by atoms with Crippen molar-refractivity contribution in [2.45, 2.75) is 0 Å². The third-order valence-corrected chi connectivity index (χ3v) is 2.65. The van der Waals surface area contributed by atoms with Gasteiger partial charge in [0.1, 0.15) is 0 Å². The first-order valence-corrected chi connectivity index (χ1v) is 5.36. The average molecular weight is 244 g/mol. The summed E-state index contributed by atoms with van der Waals surface area (Å²) >= 11 is 0. The lowest BCUT2D eigenvalue weighted by Crippen LogP contribution is -2.06. The molecule has 0 saturated carbocycles. The summed E-state index contributed by atoms with van der Waals surface area (Å²) in [4.78, 5) is 23.0. The molecule has 0 heterocycles. The minimum absolute atomic E-state index is 0.193. The lowest BCUT2D eigenvalue weighted by atomic mass is 9.96. The van der Waals surface area contributed by atoms with Crippen molar-refractivity contribution in [3.8, 4) is 11.5 Å². The highest BCUT2D eigenvalue weighted by Crippen LogP contribution is 2.31. The maximum absolute atomic E-state index is 11.7. The number of carbonyl (C=O) groups excluding carboxylic acids is 2. The summed E-state index contributed by atoms with van der Waals surface area (Å²) in [6, 6.07) is 5.09. The van der Waals surface area contributed by atoms with Crippen LogP contribution >= 0.6 is 0 Å². The number of methoxy groups -OCH3 is 2. The number of allylic oxidation sites excluding steroid dienone is 4. The number of hydrogen-bond donors (Lipinski definition) is 0. The Morgan fingerprint density at radius 2 is 1.67 bits per heavy atom. The van der Waals surface area contributed by atoms with E-state index in [1.165, 1.54) is 32.4 Å². The lowest BCUT2D eigenvalue weighted by Gasteiger charge is -2.11. The molecule has 0 unspecified atom stereocenters. The highest BCUT2D eigenvalue weighted by atomic mass is 16.5. The van der Waals surface area contributed by atoms with E-state index in [0.29, 0.717) is 22.6 Å². The molecule has 0 saturated heterocycles. The van der Waals surface area contributed by atoms with Crippen LogP contribution in [-0.2, 0) is 9.59 Å². The zero-order valence-electron chi connectivity index (χ0n) is 10.1. The van der Waals surface area contributed by atoms with Gasteiger partial charge in [-0.3, -0.25) is 9.59 Å². The molecule has 4 nitrogen and oxygen atoms in total. The number of hydrogen-bond acceptors (Lipinski definition) is 4. The Morgan fingerprint density at radius 3 is 2.33 bits per heavy atom. The zero-order chi connectivity index (χ0) is 13.1. The Labute approximate surface area is 105 Å². The summed E-state index contributed by atoms with van der Waals surface area (Å²) < 4.78 is 10.3. The topological polar surface area (TPSA) is 52.6 Å². The van der Waals surface area contributed by atoms with Gasteiger partial charge in [-0.25, -0.2) is 0 Å². The molecule has 4 heteroatoms. The maximum Gasteiger partial charge on any atom is 0.186 e. The quantitative estimate of drug-likeness (QED) is 0.761. The van der Waals surface area contributed by atoms with Crippen molar-refractivity contribution in [1.82, 2.24) is 0 Å². The van der Waals surface area contributed by atoms with Gasteiger partial charge in [0, 0.05) is 5.57 Å². The molecule has 1 aromatic rings. The van der Waals surface area contributed by atoms with Crippen molar-refractivity contribution in [3.05, 3.63) is 42.0 Å². The molecule has 0 aromatic heterocycles. The van der Waals surface area contributed by atoms with E-state index >= 15 is 0 Å². The van der Waals surface area contributed by atoms with Gasteiger partial charge in [0.2, 0.25) is 0 Å². The third kappa shape index (κ3) is 2.18. The van der Waals surface area contributed by atoms with Gasteiger partial charge in [0.15, 0.2) is 23.1 Å². The van der Waals surface area contributed by atoms with Crippen LogP contribution in [0.15, 0.2) is 36.4 Å². The van der Waals surface area contributed by atoms with E-state index in [9.17, 15) is 9.59 Å². The van der Waals surface area contributed by atoms with Crippen molar-refractivity contribution < 1.29 is 19.1 Å². The predicted molar refractivity (Wildman–Crippen MR) is 66.7 cm³/mol. The summed E-state index contributed by atoms with van der Waals surface area (Å²) in [6.07, 6.45) is 3.85. The number of ketones is 2. The fourth-order valence-electron chi connectivity index (χ4n) is 1.74. The number of benzene rings is 1. The van der Waals surface area contributed by atoms with E-state index in [1.54, 1.807) is 18.2 Å². The molecule has 1 aromatic carbocycles. The fourth-order valence-corrected chi connectivity index (χ4v) is 1.74. The van der Waals surface area contributed by atoms with Gasteiger partial charge < -0.3 is 9.47 Å². The average Bonchev–Trinajstić information content (AvgIpc) is 2.40. The summed E-state index contributed by atoms with van der Waals surface area (Å²) in [5.41, 5.74) is 0.999. The highest BCUT2D eigenvalue weighted by Gasteiger charge is 2.16. The Hall–Kier alpha value is -2.36. The molecule has 1 aliphatic carbocycles. The monoisotopic (exact) mass is 244 g/mol. The van der Waals surface area contributed by atoms with Gasteiger partial charge in [-0.1, -0.05) is 6.07 Å². The number of rotatable bonds is 3. The molecule has 0 N–H and O–H groups in total. The molecule has 0 amide bonds. The molecule has 2 rings (SSSR count). The number of carbonyl (C=O) groups is 2. The molecule has 1 aliphatic rings. The molecule has 92 valence electrons. The summed E-state index contributed by atoms with van der Waals surface area (Å²) in [5, 5.41) is 0. The normalized spacial score (nSPS) is 14.4. The van der Waals surface area contributed by atoms with Crippen LogP contribution < -0.4 is 9.47 Å². The molecular formula is C14H12O4. The van der Waals surface area contributed by atoms with Crippen LogP contribution in [0, 0.1) is 0 Å². The van der Waals surface area contributed by atoms with Crippen molar-refractivity contribution in [1.29, 1.82) is 0 Å². The van der Waals surface area contributed by atoms with Gasteiger partial charge >= 0.3 is 0 Å². The van der Waals surface area contributed by atoms with Crippen LogP contribution in [0.5, 0.6) is 11.5 Å². The van der Waals surface area contributed by atoms with Crippen molar-refractivity contribution in [2.75, 3.05) is 14.2 Å². The van der Waals surface area contributed by atoms with E-state index in [1.807, 2.05) is 0 Å². The van der Waals surface area contributed by atoms with E-state index in [-0.39, 0.29) is 11.6 Å². The Kier molecular flexibility index (Phi) is 3.28. The van der Waals surface area contributed by atoms with Crippen LogP contribution in [0.4, 0.5) is 0 Å². The van der Waals surface area contributed by atoms with E-state index < -0.39 is 0 Å². The third-order valence-electron chi connectivity index (χ3n) is 2.65. The van der Waals surface area contributed by atoms with Crippen LogP contribution in [0.1, 0.15) is 5.56 Å². The first-order valence-electron chi connectivity index (χ1n) is 5.36. The van der Waals surface area contributed by atoms with E-state index in [4.69, 9.17) is 9.47 Å². The van der Waals surface area contributed by atoms with E-state index in [0.717, 1.165) is 0 Å². The minimum Gasteiger partial charge on any atom is -0.493 e. The number of ether oxygens (including phenoxy) is 2. The Morgan fingerprint density at radius 1 is 0.944 bits per heavy atom. The molecule has 0 aliphatic heterocycles. The predicted octanol–water partition coefficient (Wildman–Crippen LogP) is 1.80. The lowest BCUT2D eigenvalue weighted by molar-refractivity contribution is -0.113. The van der Waals surface area contributed by atoms with Crippen molar-refractivity contribution >= 4 is 17.1 Å². The smallest absolute Gasteiger partial charge is 0.186 e. The molecular weight excluding hydrogens is 232 g/mol. The first kappa shape index (κ1) is 12.1. The SMILES string of the molecule is COc1ccc(C2=CC(=O)C=CC2=O)cc1OC. The first-order chi connectivity index (χ1) is 8.65. The second kappa shape index (κ2) is 4.87. The second-order valence-corrected chi connectivity index (χ2v) is 3.73. The molecule has 0 spiro atoms. The molecule has 0 atom stereocenters.